The van der Waals surface area contributed by atoms with Crippen LogP contribution in [0.25, 0.3) is 10.9 Å². The molecule has 0 atom stereocenters. The normalized spacial score (nSPS) is 10.7. The molecular weight excluding hydrogens is 178 g/mol. The number of carbonyl (C=O) groups excluding carboxylic acids is 1. The van der Waals surface area contributed by atoms with Gasteiger partial charge < -0.3 is 5.73 Å². The smallest absolute Gasteiger partial charge is 0.249 e. The van der Waals surface area contributed by atoms with Crippen molar-refractivity contribution >= 4 is 16.8 Å². The van der Waals surface area contributed by atoms with E-state index in [2.05, 4.69) is 11.2 Å². The van der Waals surface area contributed by atoms with Gasteiger partial charge in [-0.05, 0) is 25.1 Å². The van der Waals surface area contributed by atoms with Gasteiger partial charge in [-0.15, -0.1) is 0 Å². The molecule has 1 aromatic heterocycles. The molecule has 0 spiro atoms. The highest BCUT2D eigenvalue weighted by Gasteiger charge is 2.12. The second-order valence-corrected chi connectivity index (χ2v) is 3.20. The third kappa shape index (κ3) is 1.08. The molecule has 14 heavy (non-hydrogen) atoms. The summed E-state index contributed by atoms with van der Waals surface area (Å²) < 4.78 is 1.73. The number of nitrogens with zero attached hydrogens (tertiary/aromatic N) is 2. The quantitative estimate of drug-likeness (QED) is 0.718. The van der Waals surface area contributed by atoms with Gasteiger partial charge in [0.15, 0.2) is 0 Å². The van der Waals surface area contributed by atoms with Crippen LogP contribution in [0.2, 0.25) is 0 Å². The molecule has 1 aromatic carbocycles. The van der Waals surface area contributed by atoms with Crippen molar-refractivity contribution in [2.75, 3.05) is 0 Å². The third-order valence-corrected chi connectivity index (χ3v) is 2.34. The van der Waals surface area contributed by atoms with Crippen LogP contribution in [0, 0.1) is 13.0 Å². The van der Waals surface area contributed by atoms with Crippen molar-refractivity contribution < 1.29 is 4.79 Å². The molecule has 0 fully saturated rings. The fraction of sp³-hybridized carbons (Fsp3) is 0.200. The third-order valence-electron chi connectivity index (χ3n) is 2.34. The predicted molar refractivity (Wildman–Crippen MR) is 52.8 cm³/mol. The van der Waals surface area contributed by atoms with E-state index < -0.39 is 5.91 Å². The second-order valence-electron chi connectivity index (χ2n) is 3.20. The molecule has 1 heterocycles. The summed E-state index contributed by atoms with van der Waals surface area (Å²) in [5.74, 6) is -0.442. The van der Waals surface area contributed by atoms with Crippen LogP contribution in [-0.4, -0.2) is 15.7 Å². The Balaban J connectivity index is 2.91. The number of carbonyl (C=O) groups is 1. The summed E-state index contributed by atoms with van der Waals surface area (Å²) in [6, 6.07) is 6.19. The number of hydrogen-bond acceptors (Lipinski definition) is 2. The number of rotatable bonds is 1. The van der Waals surface area contributed by atoms with Crippen LogP contribution < -0.4 is 5.73 Å². The van der Waals surface area contributed by atoms with Crippen molar-refractivity contribution in [3.63, 3.8) is 0 Å². The first-order chi connectivity index (χ1) is 6.61. The fourth-order valence-electron chi connectivity index (χ4n) is 1.54. The lowest BCUT2D eigenvalue weighted by Crippen LogP contribution is -2.11. The van der Waals surface area contributed by atoms with E-state index in [1.165, 1.54) is 0 Å². The number of amides is 1. The molecule has 0 saturated heterocycles. The average Bonchev–Trinajstić information content (AvgIpc) is 2.43. The Morgan fingerprint density at radius 3 is 2.93 bits per heavy atom. The van der Waals surface area contributed by atoms with Crippen LogP contribution in [0.5, 0.6) is 0 Å². The summed E-state index contributed by atoms with van der Waals surface area (Å²) >= 11 is 0. The molecule has 2 N–H and O–H groups in total. The van der Waals surface area contributed by atoms with Gasteiger partial charge in [-0.3, -0.25) is 9.48 Å². The van der Waals surface area contributed by atoms with E-state index >= 15 is 0 Å². The van der Waals surface area contributed by atoms with Gasteiger partial charge in [-0.2, -0.15) is 5.10 Å². The minimum atomic E-state index is -0.442. The predicted octanol–water partition coefficient (Wildman–Crippen LogP) is 0.781. The Labute approximate surface area is 81.3 Å². The van der Waals surface area contributed by atoms with Crippen molar-refractivity contribution in [1.29, 1.82) is 0 Å². The summed E-state index contributed by atoms with van der Waals surface area (Å²) in [7, 11) is 1.83. The van der Waals surface area contributed by atoms with Crippen molar-refractivity contribution in [2.24, 2.45) is 12.8 Å². The maximum Gasteiger partial charge on any atom is 0.249 e. The summed E-state index contributed by atoms with van der Waals surface area (Å²) in [5, 5.41) is 5.05. The lowest BCUT2D eigenvalue weighted by Gasteiger charge is -1.97. The molecule has 1 radical (unpaired) electrons. The molecule has 4 heteroatoms. The van der Waals surface area contributed by atoms with E-state index in [9.17, 15) is 4.79 Å². The standard InChI is InChI=1S/C10H10N3O/c1-6-9-7(10(11)14)4-3-5-8(9)12-13(6)2/h4-5H,1-2H3,(H2,11,14). The number of primary amides is 1. The van der Waals surface area contributed by atoms with Gasteiger partial charge >= 0.3 is 0 Å². The number of hydrogen-bond donors (Lipinski definition) is 1. The zero-order valence-electron chi connectivity index (χ0n) is 8.03. The van der Waals surface area contributed by atoms with Crippen LogP contribution in [-0.2, 0) is 7.05 Å². The van der Waals surface area contributed by atoms with Crippen molar-refractivity contribution in [1.82, 2.24) is 9.78 Å². The average molecular weight is 188 g/mol. The Bertz CT molecular complexity index is 513. The van der Waals surface area contributed by atoms with Crippen LogP contribution in [0.15, 0.2) is 12.1 Å². The molecule has 2 rings (SSSR count). The van der Waals surface area contributed by atoms with E-state index in [1.54, 1.807) is 16.8 Å². The molecule has 4 nitrogen and oxygen atoms in total. The molecular formula is C10H10N3O. The summed E-state index contributed by atoms with van der Waals surface area (Å²) in [6.45, 7) is 1.90. The van der Waals surface area contributed by atoms with Crippen LogP contribution in [0.1, 0.15) is 16.1 Å². The van der Waals surface area contributed by atoms with E-state index in [0.29, 0.717) is 5.56 Å². The molecule has 0 unspecified atom stereocenters. The number of aryl methyl sites for hydroxylation is 2. The molecule has 0 aliphatic rings. The van der Waals surface area contributed by atoms with Gasteiger partial charge in [-0.25, -0.2) is 0 Å². The van der Waals surface area contributed by atoms with E-state index in [4.69, 9.17) is 5.73 Å². The van der Waals surface area contributed by atoms with Crippen molar-refractivity contribution in [3.05, 3.63) is 29.5 Å². The molecule has 1 amide bonds. The highest BCUT2D eigenvalue weighted by molar-refractivity contribution is 6.06. The first-order valence-electron chi connectivity index (χ1n) is 4.24. The zero-order chi connectivity index (χ0) is 10.3. The Hall–Kier alpha value is -1.84. The van der Waals surface area contributed by atoms with Gasteiger partial charge in [0.05, 0.1) is 11.1 Å². The van der Waals surface area contributed by atoms with Crippen molar-refractivity contribution in [3.8, 4) is 0 Å². The summed E-state index contributed by atoms with van der Waals surface area (Å²) in [4.78, 5) is 11.1. The van der Waals surface area contributed by atoms with E-state index in [-0.39, 0.29) is 0 Å². The fourth-order valence-corrected chi connectivity index (χ4v) is 1.54. The zero-order valence-corrected chi connectivity index (χ0v) is 8.03. The van der Waals surface area contributed by atoms with E-state index in [1.807, 2.05) is 14.0 Å². The maximum absolute atomic E-state index is 11.1. The van der Waals surface area contributed by atoms with Gasteiger partial charge in [0.1, 0.15) is 0 Å². The second kappa shape index (κ2) is 2.83. The topological polar surface area (TPSA) is 60.9 Å². The highest BCUT2D eigenvalue weighted by Crippen LogP contribution is 2.20. The molecule has 2 aromatic rings. The first-order valence-corrected chi connectivity index (χ1v) is 4.24. The molecule has 0 bridgehead atoms. The first kappa shape index (κ1) is 8.74. The van der Waals surface area contributed by atoms with Gasteiger partial charge in [0.25, 0.3) is 0 Å². The van der Waals surface area contributed by atoms with Gasteiger partial charge in [0, 0.05) is 18.1 Å². The number of benzene rings is 1. The SMILES string of the molecule is Cc1c2c(C(N)=O)c[c]cc2nn1C. The molecule has 71 valence electrons. The molecule has 0 saturated carbocycles. The minimum Gasteiger partial charge on any atom is -0.366 e. The van der Waals surface area contributed by atoms with Crippen LogP contribution >= 0.6 is 0 Å². The monoisotopic (exact) mass is 188 g/mol. The minimum absolute atomic E-state index is 0.442. The number of nitrogens with two attached hydrogens (primary N) is 1. The van der Waals surface area contributed by atoms with Gasteiger partial charge in [0.2, 0.25) is 5.91 Å². The molecule has 0 aliphatic carbocycles. The maximum atomic E-state index is 11.1. The number of fused-ring (bicyclic) bond motifs is 1. The number of aromatic nitrogens is 2. The summed E-state index contributed by atoms with van der Waals surface area (Å²) in [6.07, 6.45) is 0. The summed E-state index contributed by atoms with van der Waals surface area (Å²) in [5.41, 5.74) is 7.43. The Kier molecular flexibility index (Phi) is 1.77. The van der Waals surface area contributed by atoms with Gasteiger partial charge in [-0.1, -0.05) is 0 Å². The lowest BCUT2D eigenvalue weighted by molar-refractivity contribution is 0.100. The van der Waals surface area contributed by atoms with E-state index in [0.717, 1.165) is 16.6 Å². The van der Waals surface area contributed by atoms with Crippen LogP contribution in [0.3, 0.4) is 0 Å². The largest absolute Gasteiger partial charge is 0.366 e. The molecule has 0 aliphatic heterocycles. The lowest BCUT2D eigenvalue weighted by atomic mass is 10.1. The van der Waals surface area contributed by atoms with Crippen LogP contribution in [0.4, 0.5) is 0 Å². The van der Waals surface area contributed by atoms with Crippen molar-refractivity contribution in [2.45, 2.75) is 6.92 Å². The Morgan fingerprint density at radius 1 is 1.57 bits per heavy atom. The Morgan fingerprint density at radius 2 is 2.29 bits per heavy atom. The highest BCUT2D eigenvalue weighted by atomic mass is 16.1.